The van der Waals surface area contributed by atoms with E-state index in [1.54, 1.807) is 12.1 Å². The predicted molar refractivity (Wildman–Crippen MR) is 105 cm³/mol. The molecule has 0 spiro atoms. The second-order valence-electron chi connectivity index (χ2n) is 6.30. The van der Waals surface area contributed by atoms with Gasteiger partial charge in [0.05, 0.1) is 11.6 Å². The van der Waals surface area contributed by atoms with Gasteiger partial charge in [-0.2, -0.15) is 0 Å². The predicted octanol–water partition coefficient (Wildman–Crippen LogP) is 4.19. The van der Waals surface area contributed by atoms with E-state index in [0.29, 0.717) is 30.5 Å². The van der Waals surface area contributed by atoms with Crippen LogP contribution >= 0.6 is 11.6 Å². The van der Waals surface area contributed by atoms with E-state index in [-0.39, 0.29) is 18.6 Å². The van der Waals surface area contributed by atoms with Gasteiger partial charge in [0.15, 0.2) is 18.1 Å². The topological polar surface area (TPSA) is 48.0 Å². The summed E-state index contributed by atoms with van der Waals surface area (Å²) in [6.07, 6.45) is 1.62. The first-order chi connectivity index (χ1) is 13.2. The average Bonchev–Trinajstić information content (AvgIpc) is 2.69. The van der Waals surface area contributed by atoms with Gasteiger partial charge in [-0.25, -0.2) is 0 Å². The zero-order valence-corrected chi connectivity index (χ0v) is 16.2. The minimum atomic E-state index is -0.0388. The Balaban J connectivity index is 1.47. The number of nitrogens with zero attached hydrogens (tertiary/aromatic N) is 1. The molecule has 1 heterocycles. The summed E-state index contributed by atoms with van der Waals surface area (Å²) in [5.41, 5.74) is 0. The van der Waals surface area contributed by atoms with Crippen molar-refractivity contribution in [3.05, 3.63) is 53.6 Å². The first-order valence-corrected chi connectivity index (χ1v) is 9.58. The zero-order chi connectivity index (χ0) is 19.1. The van der Waals surface area contributed by atoms with Crippen LogP contribution in [0.1, 0.15) is 19.8 Å². The van der Waals surface area contributed by atoms with Gasteiger partial charge in [0.2, 0.25) is 0 Å². The van der Waals surface area contributed by atoms with Gasteiger partial charge in [0.25, 0.3) is 5.91 Å². The summed E-state index contributed by atoms with van der Waals surface area (Å²) in [6, 6.07) is 14.8. The number of rotatable bonds is 7. The molecule has 1 fully saturated rings. The number of hydrogen-bond donors (Lipinski definition) is 0. The lowest BCUT2D eigenvalue weighted by Crippen LogP contribution is -2.43. The lowest BCUT2D eigenvalue weighted by Gasteiger charge is -2.32. The highest BCUT2D eigenvalue weighted by Crippen LogP contribution is 2.29. The van der Waals surface area contributed by atoms with E-state index in [0.717, 1.165) is 24.3 Å². The molecule has 2 aromatic rings. The molecule has 0 aromatic heterocycles. The average molecular weight is 390 g/mol. The van der Waals surface area contributed by atoms with Crippen molar-refractivity contribution >= 4 is 17.5 Å². The Hall–Kier alpha value is -2.40. The highest BCUT2D eigenvalue weighted by Gasteiger charge is 2.25. The summed E-state index contributed by atoms with van der Waals surface area (Å²) < 4.78 is 17.3. The molecule has 0 aliphatic carbocycles. The van der Waals surface area contributed by atoms with Crippen LogP contribution in [0.3, 0.4) is 0 Å². The minimum Gasteiger partial charge on any atom is -0.490 e. The third-order valence-electron chi connectivity index (χ3n) is 4.43. The number of benzene rings is 2. The molecule has 0 N–H and O–H groups in total. The smallest absolute Gasteiger partial charge is 0.260 e. The molecule has 1 amide bonds. The Kier molecular flexibility index (Phi) is 6.82. The van der Waals surface area contributed by atoms with Crippen LogP contribution in [0.25, 0.3) is 0 Å². The number of hydrogen-bond acceptors (Lipinski definition) is 4. The molecule has 0 bridgehead atoms. The lowest BCUT2D eigenvalue weighted by molar-refractivity contribution is -0.135. The van der Waals surface area contributed by atoms with E-state index in [4.69, 9.17) is 25.8 Å². The van der Waals surface area contributed by atoms with E-state index in [1.165, 1.54) is 0 Å². The van der Waals surface area contributed by atoms with Gasteiger partial charge in [-0.05, 0) is 31.2 Å². The van der Waals surface area contributed by atoms with E-state index >= 15 is 0 Å². The molecule has 144 valence electrons. The van der Waals surface area contributed by atoms with Gasteiger partial charge in [0, 0.05) is 25.9 Å². The van der Waals surface area contributed by atoms with Crippen molar-refractivity contribution < 1.29 is 19.0 Å². The fourth-order valence-corrected chi connectivity index (χ4v) is 3.21. The van der Waals surface area contributed by atoms with Crippen LogP contribution in [0.2, 0.25) is 5.02 Å². The fourth-order valence-electron chi connectivity index (χ4n) is 3.02. The third kappa shape index (κ3) is 5.30. The van der Waals surface area contributed by atoms with Gasteiger partial charge in [-0.3, -0.25) is 4.79 Å². The number of likely N-dealkylation sites (tertiary alicyclic amines) is 1. The molecule has 6 heteroatoms. The lowest BCUT2D eigenvalue weighted by atomic mass is 10.1. The van der Waals surface area contributed by atoms with E-state index in [1.807, 2.05) is 48.2 Å². The van der Waals surface area contributed by atoms with Crippen molar-refractivity contribution in [3.63, 3.8) is 0 Å². The number of ether oxygens (including phenoxy) is 3. The Morgan fingerprint density at radius 3 is 2.30 bits per heavy atom. The molecule has 27 heavy (non-hydrogen) atoms. The summed E-state index contributed by atoms with van der Waals surface area (Å²) >= 11 is 6.05. The van der Waals surface area contributed by atoms with E-state index in [2.05, 4.69) is 0 Å². The van der Waals surface area contributed by atoms with Gasteiger partial charge in [-0.1, -0.05) is 35.9 Å². The Morgan fingerprint density at radius 2 is 1.63 bits per heavy atom. The van der Waals surface area contributed by atoms with Gasteiger partial charge < -0.3 is 19.1 Å². The van der Waals surface area contributed by atoms with Crippen molar-refractivity contribution in [1.82, 2.24) is 4.90 Å². The van der Waals surface area contributed by atoms with E-state index in [9.17, 15) is 4.79 Å². The van der Waals surface area contributed by atoms with Crippen molar-refractivity contribution in [2.75, 3.05) is 26.3 Å². The second-order valence-corrected chi connectivity index (χ2v) is 6.70. The van der Waals surface area contributed by atoms with Gasteiger partial charge in [0.1, 0.15) is 11.9 Å². The van der Waals surface area contributed by atoms with Crippen molar-refractivity contribution in [2.24, 2.45) is 0 Å². The number of amides is 1. The van der Waals surface area contributed by atoms with Crippen LogP contribution in [-0.2, 0) is 4.79 Å². The first-order valence-electron chi connectivity index (χ1n) is 9.21. The molecule has 5 nitrogen and oxygen atoms in total. The molecule has 0 radical (unpaired) electrons. The van der Waals surface area contributed by atoms with Crippen molar-refractivity contribution in [2.45, 2.75) is 25.9 Å². The molecular formula is C21H24ClNO4. The molecule has 1 saturated heterocycles. The quantitative estimate of drug-likeness (QED) is 0.712. The molecule has 1 aliphatic rings. The molecule has 3 rings (SSSR count). The minimum absolute atomic E-state index is 0.0115. The highest BCUT2D eigenvalue weighted by molar-refractivity contribution is 6.32. The van der Waals surface area contributed by atoms with E-state index < -0.39 is 0 Å². The Labute approximate surface area is 164 Å². The van der Waals surface area contributed by atoms with Gasteiger partial charge >= 0.3 is 0 Å². The molecule has 0 saturated carbocycles. The number of para-hydroxylation sites is 3. The third-order valence-corrected chi connectivity index (χ3v) is 4.74. The molecule has 0 atom stereocenters. The zero-order valence-electron chi connectivity index (χ0n) is 15.4. The summed E-state index contributed by atoms with van der Waals surface area (Å²) in [5, 5.41) is 0.505. The maximum atomic E-state index is 12.4. The number of piperidine rings is 1. The largest absolute Gasteiger partial charge is 0.490 e. The monoisotopic (exact) mass is 389 g/mol. The Bertz CT molecular complexity index is 759. The molecule has 1 aliphatic heterocycles. The van der Waals surface area contributed by atoms with Crippen LogP contribution in [-0.4, -0.2) is 43.2 Å². The standard InChI is InChI=1S/C21H24ClNO4/c1-2-25-19-9-5-6-10-20(19)27-16-11-13-23(14-12-16)21(24)15-26-18-8-4-3-7-17(18)22/h3-10,16H,2,11-15H2,1H3. The van der Waals surface area contributed by atoms with Crippen molar-refractivity contribution in [1.29, 1.82) is 0 Å². The fraction of sp³-hybridized carbons (Fsp3) is 0.381. The second kappa shape index (κ2) is 9.51. The van der Waals surface area contributed by atoms with Crippen LogP contribution in [0.15, 0.2) is 48.5 Å². The Morgan fingerprint density at radius 1 is 1.00 bits per heavy atom. The number of carbonyl (C=O) groups excluding carboxylic acids is 1. The normalized spacial score (nSPS) is 14.7. The maximum Gasteiger partial charge on any atom is 0.260 e. The summed E-state index contributed by atoms with van der Waals surface area (Å²) in [5.74, 6) is 2.00. The van der Waals surface area contributed by atoms with Crippen LogP contribution in [0, 0.1) is 0 Å². The van der Waals surface area contributed by atoms with Crippen molar-refractivity contribution in [3.8, 4) is 17.2 Å². The van der Waals surface area contributed by atoms with Crippen LogP contribution in [0.5, 0.6) is 17.2 Å². The van der Waals surface area contributed by atoms with Gasteiger partial charge in [-0.15, -0.1) is 0 Å². The van der Waals surface area contributed by atoms with Crippen LogP contribution < -0.4 is 14.2 Å². The molecule has 2 aromatic carbocycles. The summed E-state index contributed by atoms with van der Waals surface area (Å²) in [7, 11) is 0. The first kappa shape index (κ1) is 19.4. The molecule has 0 unspecified atom stereocenters. The highest BCUT2D eigenvalue weighted by atomic mass is 35.5. The summed E-state index contributed by atoms with van der Waals surface area (Å²) in [6.45, 7) is 3.82. The summed E-state index contributed by atoms with van der Waals surface area (Å²) in [4.78, 5) is 14.2. The maximum absolute atomic E-state index is 12.4. The SMILES string of the molecule is CCOc1ccccc1OC1CCN(C(=O)COc2ccccc2Cl)CC1. The molecular weight excluding hydrogens is 366 g/mol. The van der Waals surface area contributed by atoms with Crippen LogP contribution in [0.4, 0.5) is 0 Å². The number of carbonyl (C=O) groups is 1. The number of halogens is 1.